The number of thioether (sulfide) groups is 1. The van der Waals surface area contributed by atoms with Crippen molar-refractivity contribution in [1.29, 1.82) is 0 Å². The molecule has 4 heteroatoms. The van der Waals surface area contributed by atoms with Crippen molar-refractivity contribution in [3.05, 3.63) is 35.4 Å². The van der Waals surface area contributed by atoms with Gasteiger partial charge in [-0.2, -0.15) is 11.8 Å². The molecule has 0 aromatic heterocycles. The lowest BCUT2D eigenvalue weighted by molar-refractivity contribution is -0.137. The number of carbonyl (C=O) groups is 1. The summed E-state index contributed by atoms with van der Waals surface area (Å²) in [6.07, 6.45) is 13.1. The Labute approximate surface area is 163 Å². The van der Waals surface area contributed by atoms with Gasteiger partial charge in [-0.25, -0.2) is 0 Å². The van der Waals surface area contributed by atoms with Gasteiger partial charge in [0.25, 0.3) is 0 Å². The van der Waals surface area contributed by atoms with Crippen LogP contribution in [0.15, 0.2) is 24.3 Å². The number of rotatable bonds is 15. The fourth-order valence-electron chi connectivity index (χ4n) is 3.29. The maximum absolute atomic E-state index is 10.6. The first-order valence-corrected chi connectivity index (χ1v) is 11.4. The van der Waals surface area contributed by atoms with Crippen molar-refractivity contribution in [2.45, 2.75) is 88.9 Å². The van der Waals surface area contributed by atoms with E-state index in [0.29, 0.717) is 12.8 Å². The first kappa shape index (κ1) is 23.0. The SMILES string of the molecule is CCCCCCCCCc1ccc(C(SC)C(O)CCCC(=O)O)cc1. The Bertz CT molecular complexity index is 487. The normalized spacial score (nSPS) is 13.5. The quantitative estimate of drug-likeness (QED) is 0.366. The standard InChI is InChI=1S/C22H36O3S/c1-3-4-5-6-7-8-9-11-18-14-16-19(17-15-18)22(26-2)20(23)12-10-13-21(24)25/h14-17,20,22-23H,3-13H2,1-2H3,(H,24,25). The number of aliphatic hydroxyl groups excluding tert-OH is 1. The van der Waals surface area contributed by atoms with E-state index in [1.54, 1.807) is 11.8 Å². The van der Waals surface area contributed by atoms with E-state index in [4.69, 9.17) is 5.11 Å². The molecule has 0 bridgehead atoms. The minimum Gasteiger partial charge on any atom is -0.481 e. The molecule has 0 saturated carbocycles. The average molecular weight is 381 g/mol. The van der Waals surface area contributed by atoms with E-state index < -0.39 is 12.1 Å². The van der Waals surface area contributed by atoms with Crippen molar-refractivity contribution in [3.63, 3.8) is 0 Å². The van der Waals surface area contributed by atoms with E-state index in [0.717, 1.165) is 12.0 Å². The molecule has 0 saturated heterocycles. The summed E-state index contributed by atoms with van der Waals surface area (Å²) >= 11 is 1.63. The lowest BCUT2D eigenvalue weighted by Crippen LogP contribution is -2.16. The molecule has 3 nitrogen and oxygen atoms in total. The number of carboxylic acid groups (broad SMARTS) is 1. The largest absolute Gasteiger partial charge is 0.481 e. The molecule has 0 radical (unpaired) electrons. The smallest absolute Gasteiger partial charge is 0.303 e. The van der Waals surface area contributed by atoms with E-state index in [1.165, 1.54) is 50.5 Å². The highest BCUT2D eigenvalue weighted by molar-refractivity contribution is 7.98. The highest BCUT2D eigenvalue weighted by atomic mass is 32.2. The van der Waals surface area contributed by atoms with E-state index in [-0.39, 0.29) is 11.7 Å². The van der Waals surface area contributed by atoms with Crippen molar-refractivity contribution < 1.29 is 15.0 Å². The Balaban J connectivity index is 2.37. The summed E-state index contributed by atoms with van der Waals surface area (Å²) in [7, 11) is 0. The molecule has 2 unspecified atom stereocenters. The van der Waals surface area contributed by atoms with Crippen LogP contribution >= 0.6 is 11.8 Å². The number of hydrogen-bond donors (Lipinski definition) is 2. The molecular weight excluding hydrogens is 344 g/mol. The zero-order valence-corrected chi connectivity index (χ0v) is 17.3. The molecule has 1 aromatic carbocycles. The molecular formula is C22H36O3S. The summed E-state index contributed by atoms with van der Waals surface area (Å²) < 4.78 is 0. The van der Waals surface area contributed by atoms with Gasteiger partial charge in [0.2, 0.25) is 0 Å². The third-order valence-electron chi connectivity index (χ3n) is 4.87. The third-order valence-corrected chi connectivity index (χ3v) is 5.97. The van der Waals surface area contributed by atoms with Crippen molar-refractivity contribution in [1.82, 2.24) is 0 Å². The molecule has 0 aliphatic carbocycles. The number of hydrogen-bond acceptors (Lipinski definition) is 3. The molecule has 2 N–H and O–H groups in total. The predicted octanol–water partition coefficient (Wildman–Crippen LogP) is 6.00. The second-order valence-corrected chi connectivity index (χ2v) is 8.10. The first-order valence-electron chi connectivity index (χ1n) is 10.1. The van der Waals surface area contributed by atoms with E-state index in [1.807, 2.05) is 6.26 Å². The van der Waals surface area contributed by atoms with Gasteiger partial charge >= 0.3 is 5.97 Å². The van der Waals surface area contributed by atoms with Crippen LogP contribution in [-0.4, -0.2) is 28.5 Å². The summed E-state index contributed by atoms with van der Waals surface area (Å²) in [5.74, 6) is -0.799. The van der Waals surface area contributed by atoms with Crippen LogP contribution in [0.2, 0.25) is 0 Å². The van der Waals surface area contributed by atoms with Gasteiger partial charge in [0.15, 0.2) is 0 Å². The summed E-state index contributed by atoms with van der Waals surface area (Å²) in [5, 5.41) is 19.1. The molecule has 0 aliphatic rings. The average Bonchev–Trinajstić information content (AvgIpc) is 2.62. The summed E-state index contributed by atoms with van der Waals surface area (Å²) in [6, 6.07) is 8.61. The molecule has 1 rings (SSSR count). The fraction of sp³-hybridized carbons (Fsp3) is 0.682. The van der Waals surface area contributed by atoms with Gasteiger partial charge in [0.05, 0.1) is 11.4 Å². The summed E-state index contributed by atoms with van der Waals surface area (Å²) in [6.45, 7) is 2.25. The zero-order valence-electron chi connectivity index (χ0n) is 16.5. The number of unbranched alkanes of at least 4 members (excludes halogenated alkanes) is 6. The van der Waals surface area contributed by atoms with Crippen LogP contribution in [-0.2, 0) is 11.2 Å². The lowest BCUT2D eigenvalue weighted by Gasteiger charge is -2.21. The highest BCUT2D eigenvalue weighted by Crippen LogP contribution is 2.32. The van der Waals surface area contributed by atoms with Gasteiger partial charge in [-0.15, -0.1) is 0 Å². The monoisotopic (exact) mass is 380 g/mol. The molecule has 0 fully saturated rings. The van der Waals surface area contributed by atoms with Crippen LogP contribution in [0, 0.1) is 0 Å². The van der Waals surface area contributed by atoms with Crippen LogP contribution in [0.25, 0.3) is 0 Å². The van der Waals surface area contributed by atoms with Gasteiger partial charge in [-0.3, -0.25) is 4.79 Å². The zero-order chi connectivity index (χ0) is 19.2. The molecule has 148 valence electrons. The van der Waals surface area contributed by atoms with E-state index >= 15 is 0 Å². The van der Waals surface area contributed by atoms with Crippen LogP contribution in [0.5, 0.6) is 0 Å². The second kappa shape index (κ2) is 14.1. The number of benzene rings is 1. The molecule has 0 spiro atoms. The Kier molecular flexibility index (Phi) is 12.5. The topological polar surface area (TPSA) is 57.5 Å². The van der Waals surface area contributed by atoms with Crippen LogP contribution in [0.3, 0.4) is 0 Å². The molecule has 2 atom stereocenters. The Morgan fingerprint density at radius 2 is 1.62 bits per heavy atom. The number of aliphatic carboxylic acids is 1. The minimum atomic E-state index is -0.799. The van der Waals surface area contributed by atoms with Gasteiger partial charge in [0, 0.05) is 6.42 Å². The van der Waals surface area contributed by atoms with Gasteiger partial charge in [-0.05, 0) is 43.1 Å². The summed E-state index contributed by atoms with van der Waals surface area (Å²) in [5.41, 5.74) is 2.49. The lowest BCUT2D eigenvalue weighted by atomic mass is 9.99. The Morgan fingerprint density at radius 3 is 2.19 bits per heavy atom. The van der Waals surface area contributed by atoms with Gasteiger partial charge in [0.1, 0.15) is 0 Å². The van der Waals surface area contributed by atoms with Gasteiger partial charge < -0.3 is 10.2 Å². The van der Waals surface area contributed by atoms with Crippen molar-refractivity contribution in [3.8, 4) is 0 Å². The maximum Gasteiger partial charge on any atom is 0.303 e. The van der Waals surface area contributed by atoms with Gasteiger partial charge in [-0.1, -0.05) is 69.7 Å². The van der Waals surface area contributed by atoms with E-state index in [2.05, 4.69) is 31.2 Å². The van der Waals surface area contributed by atoms with Crippen LogP contribution in [0.4, 0.5) is 0 Å². The fourth-order valence-corrected chi connectivity index (χ4v) is 4.17. The molecule has 0 amide bonds. The molecule has 0 heterocycles. The highest BCUT2D eigenvalue weighted by Gasteiger charge is 2.20. The van der Waals surface area contributed by atoms with Crippen molar-refractivity contribution >= 4 is 17.7 Å². The maximum atomic E-state index is 10.6. The first-order chi connectivity index (χ1) is 12.6. The predicted molar refractivity (Wildman–Crippen MR) is 112 cm³/mol. The number of aryl methyl sites for hydroxylation is 1. The Hall–Kier alpha value is -1.00. The second-order valence-electron chi connectivity index (χ2n) is 7.12. The van der Waals surface area contributed by atoms with E-state index in [9.17, 15) is 9.90 Å². The number of aliphatic hydroxyl groups is 1. The van der Waals surface area contributed by atoms with Crippen LogP contribution in [0.1, 0.15) is 87.5 Å². The Morgan fingerprint density at radius 1 is 1.00 bits per heavy atom. The minimum absolute atomic E-state index is 0.0106. The molecule has 26 heavy (non-hydrogen) atoms. The third kappa shape index (κ3) is 9.63. The summed E-state index contributed by atoms with van der Waals surface area (Å²) in [4.78, 5) is 10.6. The van der Waals surface area contributed by atoms with Crippen molar-refractivity contribution in [2.24, 2.45) is 0 Å². The number of carboxylic acids is 1. The van der Waals surface area contributed by atoms with Crippen LogP contribution < -0.4 is 0 Å². The molecule has 1 aromatic rings. The van der Waals surface area contributed by atoms with Crippen molar-refractivity contribution in [2.75, 3.05) is 6.26 Å². The molecule has 0 aliphatic heterocycles.